The van der Waals surface area contributed by atoms with Crippen LogP contribution < -0.4 is 5.32 Å². The number of rotatable bonds is 5. The first kappa shape index (κ1) is 13.8. The molecule has 0 spiro atoms. The zero-order valence-electron chi connectivity index (χ0n) is 11.2. The summed E-state index contributed by atoms with van der Waals surface area (Å²) in [5, 5.41) is 13.5. The number of likely N-dealkylation sites (N-methyl/N-ethyl adjacent to an activating group) is 1. The van der Waals surface area contributed by atoms with Gasteiger partial charge in [-0.25, -0.2) is 4.98 Å². The normalized spacial score (nSPS) is 10.5. The van der Waals surface area contributed by atoms with Gasteiger partial charge in [0.15, 0.2) is 0 Å². The minimum absolute atomic E-state index is 0.00510. The summed E-state index contributed by atoms with van der Waals surface area (Å²) in [5.74, 6) is 0.359. The van der Waals surface area contributed by atoms with Crippen molar-refractivity contribution < 1.29 is 9.72 Å². The van der Waals surface area contributed by atoms with Crippen molar-refractivity contribution in [2.75, 3.05) is 25.5 Å². The summed E-state index contributed by atoms with van der Waals surface area (Å²) in [6.07, 6.45) is 0. The highest BCUT2D eigenvalue weighted by molar-refractivity contribution is 5.82. The topological polar surface area (TPSA) is 104 Å². The third-order valence-electron chi connectivity index (χ3n) is 2.98. The number of imidazole rings is 1. The SMILES string of the molecule is CCN(C)C(=O)CNc1nc2ccc([N+](=O)[O-])cc2[nH]1. The van der Waals surface area contributed by atoms with Crippen LogP contribution in [0, 0.1) is 10.1 Å². The molecule has 0 aliphatic rings. The Kier molecular flexibility index (Phi) is 3.83. The van der Waals surface area contributed by atoms with Crippen molar-refractivity contribution in [3.63, 3.8) is 0 Å². The first-order valence-corrected chi connectivity index (χ1v) is 6.13. The van der Waals surface area contributed by atoms with Gasteiger partial charge in [-0.15, -0.1) is 0 Å². The second-order valence-corrected chi connectivity index (χ2v) is 4.31. The number of aromatic amines is 1. The van der Waals surface area contributed by atoms with Gasteiger partial charge in [-0.2, -0.15) is 0 Å². The molecule has 2 N–H and O–H groups in total. The molecule has 8 nitrogen and oxygen atoms in total. The molecule has 1 heterocycles. The van der Waals surface area contributed by atoms with Crippen LogP contribution >= 0.6 is 0 Å². The molecule has 0 fully saturated rings. The highest BCUT2D eigenvalue weighted by Crippen LogP contribution is 2.20. The molecule has 106 valence electrons. The molecule has 0 saturated carbocycles. The molecule has 2 rings (SSSR count). The average molecular weight is 277 g/mol. The summed E-state index contributed by atoms with van der Waals surface area (Å²) in [5.41, 5.74) is 1.15. The molecule has 0 aliphatic heterocycles. The molecule has 1 aromatic heterocycles. The molecule has 0 bridgehead atoms. The maximum atomic E-state index is 11.6. The minimum Gasteiger partial charge on any atom is -0.347 e. The molecule has 0 radical (unpaired) electrons. The summed E-state index contributed by atoms with van der Waals surface area (Å²) in [7, 11) is 1.71. The zero-order valence-corrected chi connectivity index (χ0v) is 11.2. The van der Waals surface area contributed by atoms with Gasteiger partial charge < -0.3 is 15.2 Å². The zero-order chi connectivity index (χ0) is 14.7. The number of nitrogens with zero attached hydrogens (tertiary/aromatic N) is 3. The summed E-state index contributed by atoms with van der Waals surface area (Å²) in [6, 6.07) is 4.37. The molecule has 2 aromatic rings. The Hall–Kier alpha value is -2.64. The predicted octanol–water partition coefficient (Wildman–Crippen LogP) is 1.36. The summed E-state index contributed by atoms with van der Waals surface area (Å²) >= 11 is 0. The Labute approximate surface area is 114 Å². The molecule has 1 aromatic carbocycles. The van der Waals surface area contributed by atoms with Crippen LogP contribution in [0.1, 0.15) is 6.92 Å². The second kappa shape index (κ2) is 5.55. The van der Waals surface area contributed by atoms with E-state index >= 15 is 0 Å². The van der Waals surface area contributed by atoms with Gasteiger partial charge in [0.25, 0.3) is 5.69 Å². The first-order chi connectivity index (χ1) is 9.51. The maximum absolute atomic E-state index is 11.6. The van der Waals surface area contributed by atoms with Gasteiger partial charge >= 0.3 is 0 Å². The molecule has 8 heteroatoms. The van der Waals surface area contributed by atoms with Gasteiger partial charge in [0.1, 0.15) is 0 Å². The number of carbonyl (C=O) groups excluding carboxylic acids is 1. The highest BCUT2D eigenvalue weighted by Gasteiger charge is 2.11. The van der Waals surface area contributed by atoms with E-state index < -0.39 is 4.92 Å². The van der Waals surface area contributed by atoms with E-state index in [-0.39, 0.29) is 18.1 Å². The number of fused-ring (bicyclic) bond motifs is 1. The van der Waals surface area contributed by atoms with Crippen molar-refractivity contribution in [2.24, 2.45) is 0 Å². The lowest BCUT2D eigenvalue weighted by Gasteiger charge is -2.14. The van der Waals surface area contributed by atoms with E-state index in [4.69, 9.17) is 0 Å². The van der Waals surface area contributed by atoms with E-state index in [0.717, 1.165) is 0 Å². The van der Waals surface area contributed by atoms with Gasteiger partial charge in [0.2, 0.25) is 11.9 Å². The van der Waals surface area contributed by atoms with E-state index in [2.05, 4.69) is 15.3 Å². The molecule has 20 heavy (non-hydrogen) atoms. The van der Waals surface area contributed by atoms with Crippen molar-refractivity contribution in [1.29, 1.82) is 0 Å². The van der Waals surface area contributed by atoms with Crippen LogP contribution in [0.5, 0.6) is 0 Å². The molecule has 0 unspecified atom stereocenters. The maximum Gasteiger partial charge on any atom is 0.271 e. The Morgan fingerprint density at radius 2 is 2.30 bits per heavy atom. The van der Waals surface area contributed by atoms with E-state index in [9.17, 15) is 14.9 Å². The molecule has 1 amide bonds. The smallest absolute Gasteiger partial charge is 0.271 e. The number of non-ortho nitro benzene ring substituents is 1. The third-order valence-corrected chi connectivity index (χ3v) is 2.98. The molecule has 0 saturated heterocycles. The lowest BCUT2D eigenvalue weighted by Crippen LogP contribution is -2.32. The summed E-state index contributed by atoms with van der Waals surface area (Å²) in [4.78, 5) is 30.6. The Morgan fingerprint density at radius 1 is 1.55 bits per heavy atom. The first-order valence-electron chi connectivity index (χ1n) is 6.13. The standard InChI is InChI=1S/C12H15N5O3/c1-3-16(2)11(18)7-13-12-14-9-5-4-8(17(19)20)6-10(9)15-12/h4-6H,3,7H2,1-2H3,(H2,13,14,15). The number of H-pyrrole nitrogens is 1. The third kappa shape index (κ3) is 2.85. The monoisotopic (exact) mass is 277 g/mol. The van der Waals surface area contributed by atoms with Crippen molar-refractivity contribution in [3.05, 3.63) is 28.3 Å². The van der Waals surface area contributed by atoms with Gasteiger partial charge in [-0.05, 0) is 13.0 Å². The molecule has 0 atom stereocenters. The molecule has 0 aliphatic carbocycles. The van der Waals surface area contributed by atoms with E-state index in [1.54, 1.807) is 18.0 Å². The highest BCUT2D eigenvalue weighted by atomic mass is 16.6. The van der Waals surface area contributed by atoms with E-state index in [1.807, 2.05) is 6.92 Å². The number of anilines is 1. The van der Waals surface area contributed by atoms with Crippen LogP contribution in [0.2, 0.25) is 0 Å². The second-order valence-electron chi connectivity index (χ2n) is 4.31. The van der Waals surface area contributed by atoms with E-state index in [0.29, 0.717) is 23.5 Å². The van der Waals surface area contributed by atoms with Crippen LogP contribution in [-0.4, -0.2) is 45.8 Å². The predicted molar refractivity (Wildman–Crippen MR) is 74.5 cm³/mol. The number of nitrogens with one attached hydrogen (secondary N) is 2. The lowest BCUT2D eigenvalue weighted by atomic mass is 10.3. The van der Waals surface area contributed by atoms with Gasteiger partial charge in [-0.3, -0.25) is 14.9 Å². The summed E-state index contributed by atoms with van der Waals surface area (Å²) in [6.45, 7) is 2.64. The van der Waals surface area contributed by atoms with Crippen LogP contribution in [0.3, 0.4) is 0 Å². The fourth-order valence-electron chi connectivity index (χ4n) is 1.67. The van der Waals surface area contributed by atoms with Crippen molar-refractivity contribution in [1.82, 2.24) is 14.9 Å². The number of hydrogen-bond acceptors (Lipinski definition) is 5. The van der Waals surface area contributed by atoms with Crippen molar-refractivity contribution in [3.8, 4) is 0 Å². The number of amides is 1. The van der Waals surface area contributed by atoms with Crippen LogP contribution in [0.25, 0.3) is 11.0 Å². The number of aromatic nitrogens is 2. The number of carbonyl (C=O) groups is 1. The number of nitro groups is 1. The Morgan fingerprint density at radius 3 is 2.95 bits per heavy atom. The van der Waals surface area contributed by atoms with Crippen molar-refractivity contribution in [2.45, 2.75) is 6.92 Å². The quantitative estimate of drug-likeness (QED) is 0.634. The van der Waals surface area contributed by atoms with Gasteiger partial charge in [-0.1, -0.05) is 0 Å². The average Bonchev–Trinajstić information content (AvgIpc) is 2.85. The summed E-state index contributed by atoms with van der Waals surface area (Å²) < 4.78 is 0. The fourth-order valence-corrected chi connectivity index (χ4v) is 1.67. The lowest BCUT2D eigenvalue weighted by molar-refractivity contribution is -0.384. The van der Waals surface area contributed by atoms with Crippen LogP contribution in [0.15, 0.2) is 18.2 Å². The number of benzene rings is 1. The van der Waals surface area contributed by atoms with Crippen LogP contribution in [0.4, 0.5) is 11.6 Å². The minimum atomic E-state index is -0.465. The molecular weight excluding hydrogens is 262 g/mol. The van der Waals surface area contributed by atoms with Gasteiger partial charge in [0, 0.05) is 25.7 Å². The Bertz CT molecular complexity index is 652. The largest absolute Gasteiger partial charge is 0.347 e. The Balaban J connectivity index is 2.12. The molecular formula is C12H15N5O3. The van der Waals surface area contributed by atoms with Crippen LogP contribution in [-0.2, 0) is 4.79 Å². The van der Waals surface area contributed by atoms with Gasteiger partial charge in [0.05, 0.1) is 22.5 Å². The van der Waals surface area contributed by atoms with E-state index in [1.165, 1.54) is 12.1 Å². The number of nitro benzene ring substituents is 1. The number of hydrogen-bond donors (Lipinski definition) is 2. The van der Waals surface area contributed by atoms with Crippen molar-refractivity contribution >= 4 is 28.6 Å². The fraction of sp³-hybridized carbons (Fsp3) is 0.333.